The predicted octanol–water partition coefficient (Wildman–Crippen LogP) is 3.03. The van der Waals surface area contributed by atoms with Crippen molar-refractivity contribution in [3.8, 4) is 0 Å². The molecule has 3 N–H and O–H groups in total. The Kier molecular flexibility index (Phi) is 4.93. The molecule has 0 spiro atoms. The highest BCUT2D eigenvalue weighted by Gasteiger charge is 2.28. The lowest BCUT2D eigenvalue weighted by atomic mass is 9.86. The Hall–Kier alpha value is -1.13. The van der Waals surface area contributed by atoms with E-state index in [4.69, 9.17) is 17.3 Å². The molecule has 0 aliphatic rings. The Labute approximate surface area is 118 Å². The van der Waals surface area contributed by atoms with Crippen molar-refractivity contribution in [1.82, 2.24) is 5.32 Å². The maximum absolute atomic E-state index is 13.0. The van der Waals surface area contributed by atoms with Gasteiger partial charge in [-0.2, -0.15) is 0 Å². The maximum atomic E-state index is 13.0. The third-order valence-electron chi connectivity index (χ3n) is 3.00. The van der Waals surface area contributed by atoms with Crippen LogP contribution in [0.2, 0.25) is 5.02 Å². The molecule has 0 aliphatic carbocycles. The van der Waals surface area contributed by atoms with E-state index in [1.165, 1.54) is 12.1 Å². The highest BCUT2D eigenvalue weighted by atomic mass is 35.5. The van der Waals surface area contributed by atoms with Crippen LogP contribution < -0.4 is 11.1 Å². The molecule has 0 bridgehead atoms. The van der Waals surface area contributed by atoms with Crippen LogP contribution in [-0.4, -0.2) is 11.9 Å². The van der Waals surface area contributed by atoms with Crippen molar-refractivity contribution >= 4 is 17.5 Å². The van der Waals surface area contributed by atoms with Crippen LogP contribution in [-0.2, 0) is 4.79 Å². The molecule has 106 valence electrons. The number of nitrogens with one attached hydrogen (secondary N) is 1. The Morgan fingerprint density at radius 3 is 2.47 bits per heavy atom. The van der Waals surface area contributed by atoms with Crippen molar-refractivity contribution in [1.29, 1.82) is 0 Å². The zero-order chi connectivity index (χ0) is 14.8. The fraction of sp³-hybridized carbons (Fsp3) is 0.500. The molecule has 3 nitrogen and oxygen atoms in total. The molecule has 19 heavy (non-hydrogen) atoms. The van der Waals surface area contributed by atoms with Crippen LogP contribution in [0.5, 0.6) is 0 Å². The summed E-state index contributed by atoms with van der Waals surface area (Å²) in [5.41, 5.74) is 6.22. The normalized spacial score (nSPS) is 14.9. The van der Waals surface area contributed by atoms with Gasteiger partial charge < -0.3 is 11.1 Å². The van der Waals surface area contributed by atoms with Crippen molar-refractivity contribution in [2.45, 2.75) is 39.8 Å². The first-order valence-corrected chi connectivity index (χ1v) is 6.51. The van der Waals surface area contributed by atoms with Gasteiger partial charge in [0.15, 0.2) is 0 Å². The number of rotatable bonds is 3. The summed E-state index contributed by atoms with van der Waals surface area (Å²) in [6, 6.07) is 3.16. The minimum absolute atomic E-state index is 0.250. The van der Waals surface area contributed by atoms with Gasteiger partial charge in [0, 0.05) is 5.02 Å². The number of carbonyl (C=O) groups excluding carboxylic acids is 1. The van der Waals surface area contributed by atoms with E-state index in [0.29, 0.717) is 5.56 Å². The Balaban J connectivity index is 2.80. The largest absolute Gasteiger partial charge is 0.348 e. The number of halogens is 2. The quantitative estimate of drug-likeness (QED) is 0.897. The number of amides is 1. The summed E-state index contributed by atoms with van der Waals surface area (Å²) in [5.74, 6) is -0.654. The Morgan fingerprint density at radius 1 is 1.42 bits per heavy atom. The van der Waals surface area contributed by atoms with Gasteiger partial charge in [-0.15, -0.1) is 0 Å². The van der Waals surface area contributed by atoms with Gasteiger partial charge in [-0.1, -0.05) is 38.4 Å². The van der Waals surface area contributed by atoms with Gasteiger partial charge in [-0.25, -0.2) is 4.39 Å². The molecular weight excluding hydrogens is 267 g/mol. The van der Waals surface area contributed by atoms with Crippen molar-refractivity contribution in [2.24, 2.45) is 11.1 Å². The van der Waals surface area contributed by atoms with Crippen LogP contribution in [0, 0.1) is 11.2 Å². The van der Waals surface area contributed by atoms with Crippen LogP contribution >= 0.6 is 11.6 Å². The minimum Gasteiger partial charge on any atom is -0.348 e. The highest BCUT2D eigenvalue weighted by molar-refractivity contribution is 6.31. The summed E-state index contributed by atoms with van der Waals surface area (Å²) in [4.78, 5) is 12.0. The molecule has 0 fully saturated rings. The van der Waals surface area contributed by atoms with E-state index in [9.17, 15) is 9.18 Å². The van der Waals surface area contributed by atoms with E-state index in [1.807, 2.05) is 20.8 Å². The van der Waals surface area contributed by atoms with Crippen LogP contribution in [0.4, 0.5) is 4.39 Å². The lowest BCUT2D eigenvalue weighted by molar-refractivity contribution is -0.125. The molecule has 5 heteroatoms. The third-order valence-corrected chi connectivity index (χ3v) is 3.33. The predicted molar refractivity (Wildman–Crippen MR) is 75.4 cm³/mol. The molecule has 1 aromatic rings. The number of hydrogen-bond acceptors (Lipinski definition) is 2. The zero-order valence-electron chi connectivity index (χ0n) is 11.6. The molecule has 0 aromatic heterocycles. The first-order valence-electron chi connectivity index (χ1n) is 6.14. The number of nitrogens with two attached hydrogens (primary N) is 1. The first kappa shape index (κ1) is 15.9. The van der Waals surface area contributed by atoms with Crippen molar-refractivity contribution in [3.63, 3.8) is 0 Å². The fourth-order valence-corrected chi connectivity index (χ4v) is 1.96. The SMILES string of the molecule is CC(NC(=O)[C@@H](N)C(C)(C)C)c1ccc(F)cc1Cl. The van der Waals surface area contributed by atoms with E-state index < -0.39 is 11.9 Å². The lowest BCUT2D eigenvalue weighted by Crippen LogP contribution is -2.49. The van der Waals surface area contributed by atoms with Gasteiger partial charge in [-0.3, -0.25) is 4.79 Å². The summed E-state index contributed by atoms with van der Waals surface area (Å²) in [5, 5.41) is 3.08. The molecule has 1 amide bonds. The molecular formula is C14H20ClFN2O. The average molecular weight is 287 g/mol. The molecule has 2 atom stereocenters. The van der Waals surface area contributed by atoms with Crippen molar-refractivity contribution in [2.75, 3.05) is 0 Å². The Bertz CT molecular complexity index is 471. The molecule has 0 saturated carbocycles. The monoisotopic (exact) mass is 286 g/mol. The van der Waals surface area contributed by atoms with Crippen LogP contribution in [0.15, 0.2) is 18.2 Å². The molecule has 1 rings (SSSR count). The number of benzene rings is 1. The third kappa shape index (κ3) is 4.18. The lowest BCUT2D eigenvalue weighted by Gasteiger charge is -2.27. The summed E-state index contributed by atoms with van der Waals surface area (Å²) in [6.45, 7) is 7.47. The molecule has 1 aromatic carbocycles. The first-order chi connectivity index (χ1) is 8.62. The number of hydrogen-bond donors (Lipinski definition) is 2. The fourth-order valence-electron chi connectivity index (χ4n) is 1.63. The second-order valence-electron chi connectivity index (χ2n) is 5.74. The van der Waals surface area contributed by atoms with E-state index >= 15 is 0 Å². The maximum Gasteiger partial charge on any atom is 0.237 e. The van der Waals surface area contributed by atoms with Gasteiger partial charge >= 0.3 is 0 Å². The van der Waals surface area contributed by atoms with Crippen molar-refractivity contribution in [3.05, 3.63) is 34.6 Å². The van der Waals surface area contributed by atoms with Gasteiger partial charge in [0.25, 0.3) is 0 Å². The molecule has 0 aliphatic heterocycles. The van der Waals surface area contributed by atoms with Crippen LogP contribution in [0.3, 0.4) is 0 Å². The Morgan fingerprint density at radius 2 is 2.00 bits per heavy atom. The average Bonchev–Trinajstić information content (AvgIpc) is 2.26. The summed E-state index contributed by atoms with van der Waals surface area (Å²) >= 11 is 5.95. The summed E-state index contributed by atoms with van der Waals surface area (Å²) in [7, 11) is 0. The standard InChI is InChI=1S/C14H20ClFN2O/c1-8(10-6-5-9(16)7-11(10)15)18-13(19)12(17)14(2,3)4/h5-8,12H,17H2,1-4H3,(H,18,19)/t8?,12-/m1/s1. The second-order valence-corrected chi connectivity index (χ2v) is 6.15. The van der Waals surface area contributed by atoms with Gasteiger partial charge in [0.05, 0.1) is 12.1 Å². The van der Waals surface area contributed by atoms with E-state index in [-0.39, 0.29) is 22.4 Å². The molecule has 0 radical (unpaired) electrons. The van der Waals surface area contributed by atoms with Gasteiger partial charge in [-0.05, 0) is 30.0 Å². The topological polar surface area (TPSA) is 55.1 Å². The van der Waals surface area contributed by atoms with Crippen molar-refractivity contribution < 1.29 is 9.18 Å². The van der Waals surface area contributed by atoms with Gasteiger partial charge in [0.2, 0.25) is 5.91 Å². The summed E-state index contributed by atoms with van der Waals surface area (Å²) < 4.78 is 13.0. The van der Waals surface area contributed by atoms with E-state index in [1.54, 1.807) is 13.0 Å². The zero-order valence-corrected chi connectivity index (χ0v) is 12.4. The van der Waals surface area contributed by atoms with Crippen LogP contribution in [0.1, 0.15) is 39.3 Å². The summed E-state index contributed by atoms with van der Waals surface area (Å²) in [6.07, 6.45) is 0. The smallest absolute Gasteiger partial charge is 0.237 e. The molecule has 1 unspecified atom stereocenters. The van der Waals surface area contributed by atoms with Crippen LogP contribution in [0.25, 0.3) is 0 Å². The molecule has 0 heterocycles. The number of carbonyl (C=O) groups is 1. The minimum atomic E-state index is -0.617. The van der Waals surface area contributed by atoms with E-state index in [2.05, 4.69) is 5.32 Å². The van der Waals surface area contributed by atoms with E-state index in [0.717, 1.165) is 0 Å². The van der Waals surface area contributed by atoms with Gasteiger partial charge in [0.1, 0.15) is 5.82 Å². The second kappa shape index (κ2) is 5.88. The highest BCUT2D eigenvalue weighted by Crippen LogP contribution is 2.24. The molecule has 0 saturated heterocycles.